The number of fused-ring (bicyclic) bond motifs is 1. The van der Waals surface area contributed by atoms with Gasteiger partial charge in [-0.2, -0.15) is 0 Å². The van der Waals surface area contributed by atoms with E-state index >= 15 is 0 Å². The smallest absolute Gasteiger partial charge is 0.274 e. The van der Waals surface area contributed by atoms with Crippen LogP contribution in [0.1, 0.15) is 39.3 Å². The van der Waals surface area contributed by atoms with E-state index in [4.69, 9.17) is 11.6 Å². The molecule has 1 spiro atoms. The van der Waals surface area contributed by atoms with Crippen LogP contribution in [0.25, 0.3) is 0 Å². The van der Waals surface area contributed by atoms with Gasteiger partial charge in [-0.1, -0.05) is 23.7 Å². The quantitative estimate of drug-likeness (QED) is 0.701. The number of rotatable bonds is 5. The molecule has 7 nitrogen and oxygen atoms in total. The van der Waals surface area contributed by atoms with Crippen LogP contribution >= 0.6 is 11.6 Å². The summed E-state index contributed by atoms with van der Waals surface area (Å²) in [6.45, 7) is 0.170. The molecule has 1 aliphatic carbocycles. The Morgan fingerprint density at radius 1 is 1.37 bits per heavy atom. The topological polar surface area (TPSA) is 99.8 Å². The number of halogens is 2. The molecule has 30 heavy (non-hydrogen) atoms. The van der Waals surface area contributed by atoms with Gasteiger partial charge in [-0.15, -0.1) is 0 Å². The minimum atomic E-state index is -0.926. The fraction of sp³-hybridized carbons (Fsp3) is 0.381. The predicted molar refractivity (Wildman–Crippen MR) is 106 cm³/mol. The lowest BCUT2D eigenvalue weighted by Gasteiger charge is -2.36. The highest BCUT2D eigenvalue weighted by atomic mass is 35.5. The molecule has 1 aliphatic heterocycles. The molecule has 1 aromatic carbocycles. The molecule has 1 amide bonds. The van der Waals surface area contributed by atoms with Crippen molar-refractivity contribution in [3.63, 3.8) is 0 Å². The predicted octanol–water partition coefficient (Wildman–Crippen LogP) is 2.00. The highest BCUT2D eigenvalue weighted by molar-refractivity contribution is 6.30. The largest absolute Gasteiger partial charge is 0.503 e. The lowest BCUT2D eigenvalue weighted by molar-refractivity contribution is 0.0569. The molecule has 0 saturated heterocycles. The monoisotopic (exact) mass is 434 g/mol. The lowest BCUT2D eigenvalue weighted by Crippen LogP contribution is -2.50. The van der Waals surface area contributed by atoms with Crippen LogP contribution in [-0.4, -0.2) is 50.6 Å². The van der Waals surface area contributed by atoms with Crippen LogP contribution in [0.3, 0.4) is 0 Å². The van der Waals surface area contributed by atoms with E-state index in [0.717, 1.165) is 0 Å². The Bertz CT molecular complexity index is 1130. The molecule has 0 unspecified atom stereocenters. The van der Waals surface area contributed by atoms with Gasteiger partial charge in [-0.25, -0.2) is 4.39 Å². The number of pyridine rings is 1. The summed E-state index contributed by atoms with van der Waals surface area (Å²) in [4.78, 5) is 39.5. The average Bonchev–Trinajstić information content (AvgIpc) is 3.43. The number of aliphatic hydroxyl groups excluding tert-OH is 1. The first-order valence-corrected chi connectivity index (χ1v) is 9.90. The second-order valence-corrected chi connectivity index (χ2v) is 8.29. The number of aromatic nitrogens is 1. The number of carbonyl (C=O) groups is 2. The normalized spacial score (nSPS) is 22.3. The Labute approximate surface area is 176 Å². The van der Waals surface area contributed by atoms with E-state index in [2.05, 4.69) is 0 Å². The first-order chi connectivity index (χ1) is 14.2. The maximum atomic E-state index is 14.1. The number of amides is 1. The first kappa shape index (κ1) is 20.6. The number of aromatic hydroxyl groups is 1. The lowest BCUT2D eigenvalue weighted by atomic mass is 10.0. The molecule has 0 bridgehead atoms. The Morgan fingerprint density at radius 3 is 2.77 bits per heavy atom. The fourth-order valence-electron chi connectivity index (χ4n) is 4.29. The van der Waals surface area contributed by atoms with Crippen molar-refractivity contribution in [1.82, 2.24) is 9.47 Å². The molecule has 2 heterocycles. The van der Waals surface area contributed by atoms with Gasteiger partial charge in [-0.3, -0.25) is 14.4 Å². The van der Waals surface area contributed by atoms with Crippen molar-refractivity contribution in [2.24, 2.45) is 5.92 Å². The number of ketones is 1. The third kappa shape index (κ3) is 3.02. The number of Topliss-reactive ketones (excluding diaryl/α,β-unsaturated/α-hetero) is 1. The molecule has 158 valence electrons. The maximum Gasteiger partial charge on any atom is 0.274 e. The number of nitrogens with zero attached hydrogens (tertiary/aromatic N) is 2. The van der Waals surface area contributed by atoms with E-state index in [-0.39, 0.29) is 53.8 Å². The van der Waals surface area contributed by atoms with Crippen molar-refractivity contribution in [2.45, 2.75) is 31.3 Å². The zero-order valence-corrected chi connectivity index (χ0v) is 16.9. The highest BCUT2D eigenvalue weighted by Gasteiger charge is 2.61. The Morgan fingerprint density at radius 2 is 2.10 bits per heavy atom. The van der Waals surface area contributed by atoms with Crippen LogP contribution in [0, 0.1) is 11.7 Å². The van der Waals surface area contributed by atoms with Gasteiger partial charge >= 0.3 is 0 Å². The number of aryl methyl sites for hydroxylation is 1. The van der Waals surface area contributed by atoms with E-state index in [1.54, 1.807) is 13.1 Å². The molecule has 4 rings (SSSR count). The molecule has 2 aliphatic rings. The van der Waals surface area contributed by atoms with Crippen molar-refractivity contribution in [3.05, 3.63) is 62.3 Å². The summed E-state index contributed by atoms with van der Waals surface area (Å²) in [5.41, 5.74) is -1.70. The standard InChI is InChI=1S/C21H20ClFN2O5/c1-24-20(30)17-19(29)18(28)13(8-25(17)10-21(24)7-12(21)9-26)15(27)6-5-11-3-2-4-14(22)16(11)23/h2-4,8,12,26,29H,5-7,9-10H2,1H3/t12-,21-/m0/s1. The van der Waals surface area contributed by atoms with Crippen LogP contribution in [0.2, 0.25) is 5.02 Å². The van der Waals surface area contributed by atoms with Gasteiger partial charge in [0.1, 0.15) is 5.82 Å². The Balaban J connectivity index is 1.65. The van der Waals surface area contributed by atoms with Crippen molar-refractivity contribution >= 4 is 23.3 Å². The van der Waals surface area contributed by atoms with Crippen LogP contribution < -0.4 is 5.43 Å². The van der Waals surface area contributed by atoms with Crippen LogP contribution in [0.5, 0.6) is 5.75 Å². The summed E-state index contributed by atoms with van der Waals surface area (Å²) in [5, 5.41) is 19.8. The SMILES string of the molecule is CN1C(=O)c2c(O)c(=O)c(C(=O)CCc3cccc(Cl)c3F)cn2C[C@]12C[C@H]2CO. The van der Waals surface area contributed by atoms with Crippen molar-refractivity contribution in [3.8, 4) is 5.75 Å². The van der Waals surface area contributed by atoms with E-state index in [0.29, 0.717) is 6.42 Å². The Hall–Kier alpha value is -2.71. The maximum absolute atomic E-state index is 14.1. The van der Waals surface area contributed by atoms with Gasteiger partial charge < -0.3 is 19.7 Å². The number of likely N-dealkylation sites (N-methyl/N-ethyl adjacent to an activating group) is 1. The molecule has 2 N–H and O–H groups in total. The molecule has 0 radical (unpaired) electrons. The number of aliphatic hydroxyl groups is 1. The van der Waals surface area contributed by atoms with E-state index in [9.17, 15) is 29.0 Å². The highest BCUT2D eigenvalue weighted by Crippen LogP contribution is 2.51. The number of hydrogen-bond donors (Lipinski definition) is 2. The van der Waals surface area contributed by atoms with Crippen LogP contribution in [0.4, 0.5) is 4.39 Å². The summed E-state index contributed by atoms with van der Waals surface area (Å²) in [6, 6.07) is 4.48. The van der Waals surface area contributed by atoms with Gasteiger partial charge in [0.2, 0.25) is 5.43 Å². The fourth-order valence-corrected chi connectivity index (χ4v) is 4.48. The van der Waals surface area contributed by atoms with E-state index in [1.165, 1.54) is 27.8 Å². The summed E-state index contributed by atoms with van der Waals surface area (Å²) >= 11 is 5.75. The second-order valence-electron chi connectivity index (χ2n) is 7.88. The molecular weight excluding hydrogens is 415 g/mol. The summed E-state index contributed by atoms with van der Waals surface area (Å²) < 4.78 is 15.5. The third-order valence-electron chi connectivity index (χ3n) is 6.25. The molecule has 2 aromatic rings. The number of benzene rings is 1. The van der Waals surface area contributed by atoms with E-state index in [1.807, 2.05) is 0 Å². The average molecular weight is 435 g/mol. The van der Waals surface area contributed by atoms with Gasteiger partial charge in [0, 0.05) is 38.7 Å². The zero-order chi connectivity index (χ0) is 21.8. The van der Waals surface area contributed by atoms with Crippen LogP contribution in [-0.2, 0) is 13.0 Å². The van der Waals surface area contributed by atoms with Gasteiger partial charge in [0.25, 0.3) is 5.91 Å². The molecule has 1 saturated carbocycles. The van der Waals surface area contributed by atoms with Crippen LogP contribution in [0.15, 0.2) is 29.2 Å². The minimum Gasteiger partial charge on any atom is -0.503 e. The third-order valence-corrected chi connectivity index (χ3v) is 6.54. The minimum absolute atomic E-state index is 0.0331. The molecule has 1 fully saturated rings. The molecule has 9 heteroatoms. The number of hydrogen-bond acceptors (Lipinski definition) is 5. The van der Waals surface area contributed by atoms with E-state index < -0.39 is 34.2 Å². The summed E-state index contributed by atoms with van der Waals surface area (Å²) in [7, 11) is 1.57. The molecular formula is C21H20ClFN2O5. The van der Waals surface area contributed by atoms with Gasteiger partial charge in [0.15, 0.2) is 17.2 Å². The van der Waals surface area contributed by atoms with Crippen molar-refractivity contribution in [1.29, 1.82) is 0 Å². The summed E-state index contributed by atoms with van der Waals surface area (Å²) in [6.07, 6.45) is 1.75. The zero-order valence-electron chi connectivity index (χ0n) is 16.2. The Kier molecular flexibility index (Phi) is 4.94. The van der Waals surface area contributed by atoms with Crippen molar-refractivity contribution < 1.29 is 24.2 Å². The molecule has 1 aromatic heterocycles. The summed E-state index contributed by atoms with van der Waals surface area (Å²) in [5.74, 6) is -2.60. The second kappa shape index (κ2) is 7.21. The van der Waals surface area contributed by atoms with Crippen molar-refractivity contribution in [2.75, 3.05) is 13.7 Å². The van der Waals surface area contributed by atoms with Gasteiger partial charge in [-0.05, 0) is 24.5 Å². The van der Waals surface area contributed by atoms with Gasteiger partial charge in [0.05, 0.1) is 16.1 Å². The number of carbonyl (C=O) groups excluding carboxylic acids is 2. The molecule has 2 atom stereocenters. The first-order valence-electron chi connectivity index (χ1n) is 9.52.